The highest BCUT2D eigenvalue weighted by atomic mass is 35.5. The molecule has 2 rings (SSSR count). The second-order valence-electron chi connectivity index (χ2n) is 10.0. The maximum atomic E-state index is 10.2. The van der Waals surface area contributed by atoms with Crippen molar-refractivity contribution in [3.05, 3.63) is 40.4 Å². The molecule has 0 aromatic heterocycles. The van der Waals surface area contributed by atoms with E-state index in [9.17, 15) is 10.5 Å². The van der Waals surface area contributed by atoms with Gasteiger partial charge in [-0.25, -0.2) is 0 Å². The zero-order chi connectivity index (χ0) is 30.0. The standard InChI is InChI=1S/C32H46ClN5O2S/c1-5-15-37(16-6-2)19-11-21-39-30-25(23-34)26(24-35)31(40-22-12-20-38(17-7-3)18-8-4)32(29(30)33)41-28-14-10-9-13-27(28)36/h9-10,13-14H,5-8,11-12,15-22,36H2,1-4H3. The number of nitrogen functional groups attached to an aromatic ring is 1. The van der Waals surface area contributed by atoms with Crippen molar-refractivity contribution in [2.45, 2.75) is 76.0 Å². The topological polar surface area (TPSA) is 98.5 Å². The van der Waals surface area contributed by atoms with Crippen LogP contribution in [0.25, 0.3) is 0 Å². The molecule has 2 aromatic carbocycles. The summed E-state index contributed by atoms with van der Waals surface area (Å²) >= 11 is 8.30. The number of halogens is 1. The fraction of sp³-hybridized carbons (Fsp3) is 0.562. The molecule has 0 heterocycles. The van der Waals surface area contributed by atoms with E-state index in [1.54, 1.807) is 0 Å². The van der Waals surface area contributed by atoms with Crippen LogP contribution in [0.5, 0.6) is 11.5 Å². The Hall–Kier alpha value is -2.62. The number of hydrogen-bond acceptors (Lipinski definition) is 8. The van der Waals surface area contributed by atoms with Crippen LogP contribution >= 0.6 is 23.4 Å². The Bertz CT molecular complexity index is 1150. The highest BCUT2D eigenvalue weighted by Gasteiger charge is 2.27. The minimum atomic E-state index is 0.107. The molecule has 0 aliphatic heterocycles. The predicted octanol–water partition coefficient (Wildman–Crippen LogP) is 7.60. The third-order valence-corrected chi connectivity index (χ3v) is 8.21. The highest BCUT2D eigenvalue weighted by molar-refractivity contribution is 7.99. The lowest BCUT2D eigenvalue weighted by Crippen LogP contribution is -2.27. The van der Waals surface area contributed by atoms with Crippen molar-refractivity contribution in [2.75, 3.05) is 58.2 Å². The Morgan fingerprint density at radius 1 is 0.756 bits per heavy atom. The molecule has 224 valence electrons. The van der Waals surface area contributed by atoms with Crippen molar-refractivity contribution >= 4 is 29.1 Å². The second kappa shape index (κ2) is 19.5. The van der Waals surface area contributed by atoms with Crippen molar-refractivity contribution < 1.29 is 9.47 Å². The Morgan fingerprint density at radius 3 is 1.68 bits per heavy atom. The summed E-state index contributed by atoms with van der Waals surface area (Å²) in [6.07, 6.45) is 5.94. The van der Waals surface area contributed by atoms with Crippen LogP contribution in [-0.2, 0) is 0 Å². The third kappa shape index (κ3) is 10.6. The summed E-state index contributed by atoms with van der Waals surface area (Å²) in [5.41, 5.74) is 7.09. The number of ether oxygens (including phenoxy) is 2. The van der Waals surface area contributed by atoms with Crippen LogP contribution in [-0.4, -0.2) is 62.3 Å². The van der Waals surface area contributed by atoms with Gasteiger partial charge in [0.05, 0.1) is 18.1 Å². The highest BCUT2D eigenvalue weighted by Crippen LogP contribution is 2.49. The van der Waals surface area contributed by atoms with Crippen LogP contribution in [0.3, 0.4) is 0 Å². The lowest BCUT2D eigenvalue weighted by atomic mass is 10.1. The summed E-state index contributed by atoms with van der Waals surface area (Å²) in [4.78, 5) is 6.15. The van der Waals surface area contributed by atoms with Gasteiger partial charge < -0.3 is 25.0 Å². The molecule has 0 saturated carbocycles. The number of nitrogens with two attached hydrogens (primary N) is 1. The molecule has 0 saturated heterocycles. The fourth-order valence-electron chi connectivity index (χ4n) is 4.77. The molecule has 2 aromatic rings. The molecule has 0 aliphatic rings. The van der Waals surface area contributed by atoms with Crippen molar-refractivity contribution in [2.24, 2.45) is 0 Å². The molecule has 0 unspecified atom stereocenters. The van der Waals surface area contributed by atoms with Gasteiger partial charge in [-0.3, -0.25) is 0 Å². The lowest BCUT2D eigenvalue weighted by Gasteiger charge is -2.23. The molecule has 2 N–H and O–H groups in total. The first-order valence-electron chi connectivity index (χ1n) is 14.9. The van der Waals surface area contributed by atoms with E-state index in [4.69, 9.17) is 26.8 Å². The van der Waals surface area contributed by atoms with Gasteiger partial charge in [0, 0.05) is 23.7 Å². The molecule has 0 spiro atoms. The molecule has 9 heteroatoms. The maximum absolute atomic E-state index is 10.2. The Balaban J connectivity index is 2.38. The summed E-state index contributed by atoms with van der Waals surface area (Å²) in [5.74, 6) is 0.536. The first-order chi connectivity index (χ1) is 19.9. The second-order valence-corrected chi connectivity index (χ2v) is 11.4. The van der Waals surface area contributed by atoms with Gasteiger partial charge in [-0.1, -0.05) is 63.2 Å². The normalized spacial score (nSPS) is 11.0. The Kier molecular flexibility index (Phi) is 16.4. The van der Waals surface area contributed by atoms with E-state index in [1.807, 2.05) is 24.3 Å². The van der Waals surface area contributed by atoms with Crippen molar-refractivity contribution in [3.63, 3.8) is 0 Å². The SMILES string of the molecule is CCCN(CCC)CCCOc1c(Cl)c(Sc2ccccc2N)c(OCCCN(CCC)CCC)c(C#N)c1C#N. The van der Waals surface area contributed by atoms with Gasteiger partial charge in [0.2, 0.25) is 0 Å². The minimum Gasteiger partial charge on any atom is -0.491 e. The van der Waals surface area contributed by atoms with Crippen LogP contribution in [0.1, 0.15) is 77.3 Å². The van der Waals surface area contributed by atoms with E-state index >= 15 is 0 Å². The molecule has 0 aliphatic carbocycles. The number of nitriles is 2. The molecule has 7 nitrogen and oxygen atoms in total. The molecular formula is C32H46ClN5O2S. The van der Waals surface area contributed by atoms with Crippen LogP contribution in [0.2, 0.25) is 5.02 Å². The van der Waals surface area contributed by atoms with Gasteiger partial charge in [0.25, 0.3) is 0 Å². The molecule has 0 fully saturated rings. The van der Waals surface area contributed by atoms with Crippen LogP contribution in [0.4, 0.5) is 5.69 Å². The Labute approximate surface area is 256 Å². The summed E-state index contributed by atoms with van der Waals surface area (Å²) in [5, 5.41) is 20.6. The predicted molar refractivity (Wildman–Crippen MR) is 170 cm³/mol. The zero-order valence-corrected chi connectivity index (χ0v) is 26.8. The van der Waals surface area contributed by atoms with E-state index in [1.165, 1.54) is 11.8 Å². The van der Waals surface area contributed by atoms with Gasteiger partial charge >= 0.3 is 0 Å². The monoisotopic (exact) mass is 599 g/mol. The average molecular weight is 600 g/mol. The number of anilines is 1. The molecule has 0 atom stereocenters. The first kappa shape index (κ1) is 34.6. The van der Waals surface area contributed by atoms with E-state index in [2.05, 4.69) is 49.6 Å². The molecule has 0 radical (unpaired) electrons. The van der Waals surface area contributed by atoms with Crippen molar-refractivity contribution in [3.8, 4) is 23.6 Å². The number of nitrogens with zero attached hydrogens (tertiary/aromatic N) is 4. The smallest absolute Gasteiger partial charge is 0.158 e. The minimum absolute atomic E-state index is 0.107. The van der Waals surface area contributed by atoms with E-state index < -0.39 is 0 Å². The van der Waals surface area contributed by atoms with E-state index in [0.717, 1.165) is 82.7 Å². The first-order valence-corrected chi connectivity index (χ1v) is 16.1. The van der Waals surface area contributed by atoms with Crippen LogP contribution in [0.15, 0.2) is 34.1 Å². The molecule has 41 heavy (non-hydrogen) atoms. The van der Waals surface area contributed by atoms with Gasteiger partial charge in [-0.2, -0.15) is 10.5 Å². The third-order valence-electron chi connectivity index (χ3n) is 6.55. The van der Waals surface area contributed by atoms with Gasteiger partial charge in [0.1, 0.15) is 28.3 Å². The van der Waals surface area contributed by atoms with Crippen molar-refractivity contribution in [1.82, 2.24) is 9.80 Å². The quantitative estimate of drug-likeness (QED) is 0.123. The summed E-state index contributed by atoms with van der Waals surface area (Å²) in [7, 11) is 0. The lowest BCUT2D eigenvalue weighted by molar-refractivity contribution is 0.229. The Morgan fingerprint density at radius 2 is 1.22 bits per heavy atom. The summed E-state index contributed by atoms with van der Waals surface area (Å²) < 4.78 is 12.4. The number of para-hydroxylation sites is 1. The summed E-state index contributed by atoms with van der Waals surface area (Å²) in [6, 6.07) is 11.9. The zero-order valence-electron chi connectivity index (χ0n) is 25.2. The average Bonchev–Trinajstić information content (AvgIpc) is 2.96. The van der Waals surface area contributed by atoms with Crippen LogP contribution in [0, 0.1) is 22.7 Å². The van der Waals surface area contributed by atoms with Gasteiger partial charge in [-0.05, 0) is 76.8 Å². The number of hydrogen-bond donors (Lipinski definition) is 1. The molecule has 0 bridgehead atoms. The maximum Gasteiger partial charge on any atom is 0.158 e. The number of benzene rings is 2. The van der Waals surface area contributed by atoms with Crippen LogP contribution < -0.4 is 15.2 Å². The molecular weight excluding hydrogens is 554 g/mol. The number of rotatable bonds is 20. The van der Waals surface area contributed by atoms with Crippen molar-refractivity contribution in [1.29, 1.82) is 10.5 Å². The van der Waals surface area contributed by atoms with Gasteiger partial charge in [-0.15, -0.1) is 0 Å². The largest absolute Gasteiger partial charge is 0.491 e. The molecule has 0 amide bonds. The van der Waals surface area contributed by atoms with E-state index in [0.29, 0.717) is 29.5 Å². The van der Waals surface area contributed by atoms with E-state index in [-0.39, 0.29) is 21.9 Å². The fourth-order valence-corrected chi connectivity index (χ4v) is 6.11. The summed E-state index contributed by atoms with van der Waals surface area (Å²) in [6.45, 7) is 15.4. The van der Waals surface area contributed by atoms with Gasteiger partial charge in [0.15, 0.2) is 11.5 Å².